The van der Waals surface area contributed by atoms with Crippen LogP contribution in [0.15, 0.2) is 12.2 Å². The summed E-state index contributed by atoms with van der Waals surface area (Å²) in [5, 5.41) is 10.1. The monoisotopic (exact) mass is 302 g/mol. The first kappa shape index (κ1) is 17.6. The van der Waals surface area contributed by atoms with Crippen LogP contribution in [0.25, 0.3) is 0 Å². The predicted octanol–water partition coefficient (Wildman–Crippen LogP) is 5.34. The second-order valence-corrected chi connectivity index (χ2v) is 7.31. The molecule has 5 atom stereocenters. The van der Waals surface area contributed by atoms with E-state index in [0.29, 0.717) is 11.8 Å². The lowest BCUT2D eigenvalue weighted by Crippen LogP contribution is -2.20. The summed E-state index contributed by atoms with van der Waals surface area (Å²) < 4.78 is 0. The molecule has 1 heteroatoms. The number of allylic oxidation sites excluding steroid dienone is 1. The summed E-state index contributed by atoms with van der Waals surface area (Å²) in [6, 6.07) is 0. The molecular formula is C21H34O. The first-order valence-electron chi connectivity index (χ1n) is 9.61. The van der Waals surface area contributed by atoms with Gasteiger partial charge in [-0.1, -0.05) is 57.6 Å². The third-order valence-electron chi connectivity index (χ3n) is 5.56. The molecule has 2 aliphatic rings. The van der Waals surface area contributed by atoms with Crippen LogP contribution in [0.5, 0.6) is 0 Å². The third-order valence-corrected chi connectivity index (χ3v) is 5.56. The number of aliphatic hydroxyl groups excluding tert-OH is 1. The lowest BCUT2D eigenvalue weighted by Gasteiger charge is -2.25. The highest BCUT2D eigenvalue weighted by Crippen LogP contribution is 2.52. The zero-order chi connectivity index (χ0) is 15.8. The third kappa shape index (κ3) is 4.88. The van der Waals surface area contributed by atoms with Crippen LogP contribution in [0.2, 0.25) is 0 Å². The number of hydrogen-bond acceptors (Lipinski definition) is 1. The molecule has 0 spiro atoms. The summed E-state index contributed by atoms with van der Waals surface area (Å²) in [7, 11) is 0. The molecule has 0 aromatic rings. The van der Waals surface area contributed by atoms with Crippen molar-refractivity contribution in [3.05, 3.63) is 12.2 Å². The number of unbranched alkanes of at least 4 members (excludes halogenated alkanes) is 4. The van der Waals surface area contributed by atoms with Gasteiger partial charge in [-0.05, 0) is 49.9 Å². The molecular weight excluding hydrogens is 268 g/mol. The largest absolute Gasteiger partial charge is 0.389 e. The first-order valence-corrected chi connectivity index (χ1v) is 9.61. The lowest BCUT2D eigenvalue weighted by atomic mass is 9.79. The number of fused-ring (bicyclic) bond motifs is 2. The minimum Gasteiger partial charge on any atom is -0.389 e. The minimum atomic E-state index is -0.251. The molecule has 0 aromatic heterocycles. The molecule has 0 aromatic carbocycles. The first-order chi connectivity index (χ1) is 10.8. The molecule has 2 aliphatic carbocycles. The smallest absolute Gasteiger partial charge is 0.0721 e. The highest BCUT2D eigenvalue weighted by Gasteiger charge is 2.45. The molecule has 0 saturated heterocycles. The lowest BCUT2D eigenvalue weighted by molar-refractivity contribution is 0.206. The van der Waals surface area contributed by atoms with Gasteiger partial charge in [-0.3, -0.25) is 0 Å². The molecule has 2 fully saturated rings. The number of aliphatic hydroxyl groups is 1. The maximum Gasteiger partial charge on any atom is 0.0721 e. The molecule has 1 N–H and O–H groups in total. The summed E-state index contributed by atoms with van der Waals surface area (Å²) in [5.41, 5.74) is 0. The Morgan fingerprint density at radius 1 is 1.09 bits per heavy atom. The van der Waals surface area contributed by atoms with Gasteiger partial charge in [0.15, 0.2) is 0 Å². The normalized spacial score (nSPS) is 31.4. The molecule has 5 unspecified atom stereocenters. The summed E-state index contributed by atoms with van der Waals surface area (Å²) in [6.45, 7) is 4.43. The minimum absolute atomic E-state index is 0.251. The van der Waals surface area contributed by atoms with Crippen molar-refractivity contribution in [3.8, 4) is 11.8 Å². The average molecular weight is 303 g/mol. The summed E-state index contributed by atoms with van der Waals surface area (Å²) in [5.74, 6) is 9.84. The quantitative estimate of drug-likeness (QED) is 0.364. The van der Waals surface area contributed by atoms with Crippen LogP contribution in [0.4, 0.5) is 0 Å². The van der Waals surface area contributed by atoms with E-state index in [4.69, 9.17) is 0 Å². The van der Waals surface area contributed by atoms with E-state index in [2.05, 4.69) is 37.8 Å². The molecule has 2 saturated carbocycles. The van der Waals surface area contributed by atoms with Crippen LogP contribution in [0.3, 0.4) is 0 Å². The molecule has 0 heterocycles. The second kappa shape index (κ2) is 9.41. The van der Waals surface area contributed by atoms with E-state index in [-0.39, 0.29) is 6.10 Å². The molecule has 0 amide bonds. The summed E-state index contributed by atoms with van der Waals surface area (Å²) in [6.07, 6.45) is 16.3. The van der Waals surface area contributed by atoms with E-state index >= 15 is 0 Å². The Bertz CT molecular complexity index is 400. The second-order valence-electron chi connectivity index (χ2n) is 7.31. The molecule has 0 radical (unpaired) electrons. The van der Waals surface area contributed by atoms with E-state index in [9.17, 15) is 5.11 Å². The zero-order valence-corrected chi connectivity index (χ0v) is 14.6. The fraction of sp³-hybridized carbons (Fsp3) is 0.810. The molecule has 0 aliphatic heterocycles. The Labute approximate surface area is 137 Å². The Hall–Kier alpha value is -0.740. The highest BCUT2D eigenvalue weighted by molar-refractivity contribution is 5.17. The van der Waals surface area contributed by atoms with Crippen molar-refractivity contribution < 1.29 is 5.11 Å². The van der Waals surface area contributed by atoms with Crippen LogP contribution in [-0.4, -0.2) is 11.2 Å². The van der Waals surface area contributed by atoms with Crippen LogP contribution in [0.1, 0.15) is 78.1 Å². The van der Waals surface area contributed by atoms with Crippen LogP contribution >= 0.6 is 0 Å². The van der Waals surface area contributed by atoms with Gasteiger partial charge in [0.05, 0.1) is 6.10 Å². The van der Waals surface area contributed by atoms with E-state index in [1.165, 1.54) is 44.9 Å². The molecule has 2 rings (SSSR count). The van der Waals surface area contributed by atoms with Crippen molar-refractivity contribution in [1.82, 2.24) is 0 Å². The Kier molecular flexibility index (Phi) is 7.53. The highest BCUT2D eigenvalue weighted by atomic mass is 16.3. The van der Waals surface area contributed by atoms with Crippen molar-refractivity contribution in [1.29, 1.82) is 0 Å². The van der Waals surface area contributed by atoms with E-state index in [1.54, 1.807) is 0 Å². The molecule has 124 valence electrons. The van der Waals surface area contributed by atoms with E-state index in [1.807, 2.05) is 0 Å². The maximum absolute atomic E-state index is 10.1. The van der Waals surface area contributed by atoms with Crippen molar-refractivity contribution in [2.75, 3.05) is 0 Å². The molecule has 2 bridgehead atoms. The van der Waals surface area contributed by atoms with Gasteiger partial charge in [0, 0.05) is 12.3 Å². The van der Waals surface area contributed by atoms with Crippen molar-refractivity contribution in [2.45, 2.75) is 84.2 Å². The standard InChI is InChI=1S/C21H34O/c1-3-5-7-9-11-20-17-12-13-18(16-17)21(20)15-14-19(22)10-8-6-4-2/h14-15,17-22H,3-8,10,12-13,16H2,1-2H3/b15-14+. The summed E-state index contributed by atoms with van der Waals surface area (Å²) in [4.78, 5) is 0. The van der Waals surface area contributed by atoms with Gasteiger partial charge in [0.2, 0.25) is 0 Å². The van der Waals surface area contributed by atoms with Gasteiger partial charge < -0.3 is 5.11 Å². The zero-order valence-electron chi connectivity index (χ0n) is 14.6. The summed E-state index contributed by atoms with van der Waals surface area (Å²) >= 11 is 0. The van der Waals surface area contributed by atoms with E-state index in [0.717, 1.165) is 31.1 Å². The van der Waals surface area contributed by atoms with Crippen molar-refractivity contribution in [2.24, 2.45) is 23.7 Å². The van der Waals surface area contributed by atoms with Gasteiger partial charge in [-0.2, -0.15) is 0 Å². The van der Waals surface area contributed by atoms with Crippen molar-refractivity contribution >= 4 is 0 Å². The fourth-order valence-corrected chi connectivity index (χ4v) is 4.24. The van der Waals surface area contributed by atoms with Crippen LogP contribution in [-0.2, 0) is 0 Å². The topological polar surface area (TPSA) is 20.2 Å². The molecule has 1 nitrogen and oxygen atoms in total. The Balaban J connectivity index is 1.87. The van der Waals surface area contributed by atoms with E-state index < -0.39 is 0 Å². The average Bonchev–Trinajstić information content (AvgIpc) is 3.11. The SMILES string of the molecule is CCCCC#CC1C2CCC(C2)C1/C=C/C(O)CCCCC. The van der Waals surface area contributed by atoms with Gasteiger partial charge in [-0.25, -0.2) is 0 Å². The number of hydrogen-bond donors (Lipinski definition) is 1. The number of rotatable bonds is 8. The maximum atomic E-state index is 10.1. The van der Waals surface area contributed by atoms with Crippen LogP contribution < -0.4 is 0 Å². The van der Waals surface area contributed by atoms with Crippen LogP contribution in [0, 0.1) is 35.5 Å². The van der Waals surface area contributed by atoms with Gasteiger partial charge in [0.25, 0.3) is 0 Å². The van der Waals surface area contributed by atoms with Gasteiger partial charge >= 0.3 is 0 Å². The fourth-order valence-electron chi connectivity index (χ4n) is 4.24. The van der Waals surface area contributed by atoms with Gasteiger partial charge in [-0.15, -0.1) is 5.92 Å². The van der Waals surface area contributed by atoms with Gasteiger partial charge in [0.1, 0.15) is 0 Å². The van der Waals surface area contributed by atoms with Crippen molar-refractivity contribution in [3.63, 3.8) is 0 Å². The Morgan fingerprint density at radius 3 is 2.64 bits per heavy atom. The predicted molar refractivity (Wildman–Crippen MR) is 94.4 cm³/mol. The Morgan fingerprint density at radius 2 is 1.86 bits per heavy atom. The molecule has 22 heavy (non-hydrogen) atoms.